The quantitative estimate of drug-likeness (QED) is 0.626. The number of aliphatic imine (C=N–C) groups is 1. The highest BCUT2D eigenvalue weighted by Gasteiger charge is 2.26. The van der Waals surface area contributed by atoms with Crippen LogP contribution in [0.25, 0.3) is 0 Å². The summed E-state index contributed by atoms with van der Waals surface area (Å²) in [5, 5.41) is 5.62. The topological polar surface area (TPSA) is 45.6 Å². The Bertz CT molecular complexity index is 501. The number of rotatable bonds is 6. The van der Waals surface area contributed by atoms with Crippen LogP contribution >= 0.6 is 0 Å². The van der Waals surface area contributed by atoms with Crippen LogP contribution in [0.5, 0.6) is 5.75 Å². The van der Waals surface area contributed by atoms with E-state index in [9.17, 15) is 13.2 Å². The molecule has 0 saturated heterocycles. The van der Waals surface area contributed by atoms with Gasteiger partial charge in [0, 0.05) is 20.1 Å². The van der Waals surface area contributed by atoms with Crippen molar-refractivity contribution in [3.63, 3.8) is 0 Å². The number of nitrogens with one attached hydrogen (secondary N) is 2. The van der Waals surface area contributed by atoms with Crippen molar-refractivity contribution in [3.8, 4) is 5.75 Å². The molecule has 1 aromatic carbocycles. The molecule has 0 amide bonds. The van der Waals surface area contributed by atoms with Gasteiger partial charge in [-0.3, -0.25) is 4.99 Å². The van der Waals surface area contributed by atoms with Gasteiger partial charge in [-0.05, 0) is 31.0 Å². The van der Waals surface area contributed by atoms with Crippen LogP contribution in [-0.4, -0.2) is 32.3 Å². The minimum absolute atomic E-state index is 0.203. The highest BCUT2D eigenvalue weighted by Crippen LogP contribution is 2.19. The van der Waals surface area contributed by atoms with Crippen LogP contribution in [0.3, 0.4) is 0 Å². The minimum atomic E-state index is -4.17. The summed E-state index contributed by atoms with van der Waals surface area (Å²) in [5.41, 5.74) is 2.01. The van der Waals surface area contributed by atoms with Crippen molar-refractivity contribution in [1.29, 1.82) is 0 Å². The van der Waals surface area contributed by atoms with Gasteiger partial charge in [0.1, 0.15) is 5.75 Å². The van der Waals surface area contributed by atoms with Crippen molar-refractivity contribution in [2.75, 3.05) is 20.2 Å². The molecule has 1 rings (SSSR count). The second-order valence-electron chi connectivity index (χ2n) is 4.75. The Labute approximate surface area is 128 Å². The molecular formula is C15H22F3N3O. The molecule has 0 fully saturated rings. The van der Waals surface area contributed by atoms with E-state index in [1.807, 2.05) is 32.0 Å². The fraction of sp³-hybridized carbons (Fsp3) is 0.533. The number of alkyl halides is 3. The average molecular weight is 317 g/mol. The maximum atomic E-state index is 12.1. The number of nitrogens with zero attached hydrogens (tertiary/aromatic N) is 1. The number of guanidine groups is 1. The van der Waals surface area contributed by atoms with Gasteiger partial charge in [0.15, 0.2) is 5.96 Å². The Morgan fingerprint density at radius 3 is 2.55 bits per heavy atom. The molecular weight excluding hydrogens is 295 g/mol. The Kier molecular flexibility index (Phi) is 7.01. The van der Waals surface area contributed by atoms with E-state index in [1.54, 1.807) is 0 Å². The van der Waals surface area contributed by atoms with E-state index in [1.165, 1.54) is 7.05 Å². The zero-order valence-corrected chi connectivity index (χ0v) is 13.0. The third kappa shape index (κ3) is 6.69. The van der Waals surface area contributed by atoms with Gasteiger partial charge in [0.25, 0.3) is 0 Å². The first-order valence-electron chi connectivity index (χ1n) is 7.09. The molecule has 0 aromatic heterocycles. The molecule has 0 unspecified atom stereocenters. The maximum absolute atomic E-state index is 12.1. The van der Waals surface area contributed by atoms with Crippen molar-refractivity contribution >= 4 is 5.96 Å². The Hall–Kier alpha value is -1.92. The highest BCUT2D eigenvalue weighted by molar-refractivity contribution is 5.79. The molecule has 0 radical (unpaired) electrons. The first-order valence-corrected chi connectivity index (χ1v) is 7.09. The number of benzene rings is 1. The fourth-order valence-electron chi connectivity index (χ4n) is 1.87. The van der Waals surface area contributed by atoms with E-state index in [0.29, 0.717) is 19.1 Å². The average Bonchev–Trinajstić information content (AvgIpc) is 2.44. The summed E-state index contributed by atoms with van der Waals surface area (Å²) in [5.74, 6) is 1.18. The predicted octanol–water partition coefficient (Wildman–Crippen LogP) is 3.01. The molecule has 2 N–H and O–H groups in total. The van der Waals surface area contributed by atoms with E-state index < -0.39 is 12.6 Å². The number of hydrogen-bond donors (Lipinski definition) is 2. The number of halogens is 3. The Morgan fingerprint density at radius 2 is 2.00 bits per heavy atom. The second-order valence-corrected chi connectivity index (χ2v) is 4.75. The molecule has 0 spiro atoms. The summed E-state index contributed by atoms with van der Waals surface area (Å²) < 4.78 is 41.7. The zero-order chi connectivity index (χ0) is 16.6. The summed E-state index contributed by atoms with van der Waals surface area (Å²) in [7, 11) is 1.52. The SMILES string of the molecule is CCOc1ccc(CNC(=NC)NCCC(F)(F)F)cc1C. The number of ether oxygens (including phenoxy) is 1. The van der Waals surface area contributed by atoms with Crippen molar-refractivity contribution in [3.05, 3.63) is 29.3 Å². The van der Waals surface area contributed by atoms with Gasteiger partial charge >= 0.3 is 6.18 Å². The van der Waals surface area contributed by atoms with Crippen LogP contribution in [0.15, 0.2) is 23.2 Å². The van der Waals surface area contributed by atoms with Crippen LogP contribution in [0, 0.1) is 6.92 Å². The van der Waals surface area contributed by atoms with E-state index in [2.05, 4.69) is 15.6 Å². The van der Waals surface area contributed by atoms with E-state index in [4.69, 9.17) is 4.74 Å². The van der Waals surface area contributed by atoms with E-state index in [-0.39, 0.29) is 6.54 Å². The molecule has 0 atom stereocenters. The normalized spacial score (nSPS) is 12.2. The molecule has 7 heteroatoms. The Morgan fingerprint density at radius 1 is 1.27 bits per heavy atom. The molecule has 0 bridgehead atoms. The third-order valence-electron chi connectivity index (χ3n) is 2.92. The lowest BCUT2D eigenvalue weighted by Gasteiger charge is -2.14. The third-order valence-corrected chi connectivity index (χ3v) is 2.92. The molecule has 0 aliphatic heterocycles. The largest absolute Gasteiger partial charge is 0.494 e. The van der Waals surface area contributed by atoms with Crippen LogP contribution in [0.4, 0.5) is 13.2 Å². The molecule has 124 valence electrons. The van der Waals surface area contributed by atoms with E-state index >= 15 is 0 Å². The summed E-state index contributed by atoms with van der Waals surface area (Å²) >= 11 is 0. The van der Waals surface area contributed by atoms with Crippen molar-refractivity contribution < 1.29 is 17.9 Å². The molecule has 4 nitrogen and oxygen atoms in total. The lowest BCUT2D eigenvalue weighted by molar-refractivity contribution is -0.132. The first-order chi connectivity index (χ1) is 10.4. The molecule has 22 heavy (non-hydrogen) atoms. The molecule has 0 aliphatic carbocycles. The van der Waals surface area contributed by atoms with E-state index in [0.717, 1.165) is 16.9 Å². The standard InChI is InChI=1S/C15H22F3N3O/c1-4-22-13-6-5-12(9-11(13)2)10-21-14(19-3)20-8-7-15(16,17)18/h5-6,9H,4,7-8,10H2,1-3H3,(H2,19,20,21). The zero-order valence-electron chi connectivity index (χ0n) is 13.0. The lowest BCUT2D eigenvalue weighted by atomic mass is 10.1. The van der Waals surface area contributed by atoms with Gasteiger partial charge in [-0.1, -0.05) is 12.1 Å². The van der Waals surface area contributed by atoms with Gasteiger partial charge in [-0.2, -0.15) is 13.2 Å². The van der Waals surface area contributed by atoms with Gasteiger partial charge < -0.3 is 15.4 Å². The first kappa shape index (κ1) is 18.1. The van der Waals surface area contributed by atoms with Crippen LogP contribution in [-0.2, 0) is 6.54 Å². The summed E-state index contributed by atoms with van der Waals surface area (Å²) in [4.78, 5) is 3.89. The monoisotopic (exact) mass is 317 g/mol. The maximum Gasteiger partial charge on any atom is 0.390 e. The van der Waals surface area contributed by atoms with Gasteiger partial charge in [-0.25, -0.2) is 0 Å². The van der Waals surface area contributed by atoms with Crippen molar-refractivity contribution in [2.24, 2.45) is 4.99 Å². The predicted molar refractivity (Wildman–Crippen MR) is 81.2 cm³/mol. The van der Waals surface area contributed by atoms with Gasteiger partial charge in [0.2, 0.25) is 0 Å². The molecule has 1 aromatic rings. The molecule has 0 heterocycles. The Balaban J connectivity index is 2.48. The van der Waals surface area contributed by atoms with Crippen molar-refractivity contribution in [2.45, 2.75) is 33.0 Å². The van der Waals surface area contributed by atoms with Crippen LogP contribution in [0.2, 0.25) is 0 Å². The summed E-state index contributed by atoms with van der Waals surface area (Å²) in [6, 6.07) is 5.77. The van der Waals surface area contributed by atoms with Gasteiger partial charge in [0.05, 0.1) is 13.0 Å². The minimum Gasteiger partial charge on any atom is -0.494 e. The van der Waals surface area contributed by atoms with Gasteiger partial charge in [-0.15, -0.1) is 0 Å². The van der Waals surface area contributed by atoms with Crippen LogP contribution in [0.1, 0.15) is 24.5 Å². The smallest absolute Gasteiger partial charge is 0.390 e. The lowest BCUT2D eigenvalue weighted by Crippen LogP contribution is -2.38. The highest BCUT2D eigenvalue weighted by atomic mass is 19.4. The molecule has 0 saturated carbocycles. The number of aryl methyl sites for hydroxylation is 1. The summed E-state index contributed by atoms with van der Waals surface area (Å²) in [6.07, 6.45) is -5.06. The van der Waals surface area contributed by atoms with Crippen LogP contribution < -0.4 is 15.4 Å². The van der Waals surface area contributed by atoms with Crippen molar-refractivity contribution in [1.82, 2.24) is 10.6 Å². The number of hydrogen-bond acceptors (Lipinski definition) is 2. The molecule has 0 aliphatic rings. The second kappa shape index (κ2) is 8.51. The fourth-order valence-corrected chi connectivity index (χ4v) is 1.87. The summed E-state index contributed by atoms with van der Waals surface area (Å²) in [6.45, 7) is 4.75.